The van der Waals surface area contributed by atoms with Gasteiger partial charge in [-0.2, -0.15) is 0 Å². The second-order valence-corrected chi connectivity index (χ2v) is 6.16. The van der Waals surface area contributed by atoms with Crippen LogP contribution in [0, 0.1) is 0 Å². The van der Waals surface area contributed by atoms with Gasteiger partial charge in [-0.15, -0.1) is 11.3 Å². The number of amides is 2. The molecule has 1 aliphatic rings. The van der Waals surface area contributed by atoms with Gasteiger partial charge in [0.25, 0.3) is 5.91 Å². The minimum atomic E-state index is -0.0483. The molecule has 1 aliphatic heterocycles. The number of nitrogens with zero attached hydrogens (tertiary/aromatic N) is 4. The van der Waals surface area contributed by atoms with Crippen LogP contribution in [0.1, 0.15) is 22.5 Å². The van der Waals surface area contributed by atoms with Gasteiger partial charge in [0.1, 0.15) is 5.69 Å². The molecule has 7 heteroatoms. The molecule has 0 bridgehead atoms. The predicted octanol–water partition coefficient (Wildman–Crippen LogP) is 1.46. The van der Waals surface area contributed by atoms with Crippen molar-refractivity contribution in [3.05, 3.63) is 46.7 Å². The van der Waals surface area contributed by atoms with Crippen LogP contribution >= 0.6 is 11.3 Å². The van der Waals surface area contributed by atoms with Crippen LogP contribution in [0.15, 0.2) is 35.4 Å². The lowest BCUT2D eigenvalue weighted by molar-refractivity contribution is -0.130. The van der Waals surface area contributed by atoms with Crippen molar-refractivity contribution in [1.82, 2.24) is 19.8 Å². The van der Waals surface area contributed by atoms with Crippen LogP contribution in [0.25, 0.3) is 0 Å². The summed E-state index contributed by atoms with van der Waals surface area (Å²) >= 11 is 1.41. The average Bonchev–Trinajstić information content (AvgIpc) is 2.99. The quantitative estimate of drug-likeness (QED) is 0.854. The van der Waals surface area contributed by atoms with Crippen LogP contribution in [0.4, 0.5) is 0 Å². The number of carbonyl (C=O) groups excluding carboxylic acids is 2. The van der Waals surface area contributed by atoms with Gasteiger partial charge in [0.2, 0.25) is 5.91 Å². The maximum atomic E-state index is 12.4. The van der Waals surface area contributed by atoms with Gasteiger partial charge >= 0.3 is 0 Å². The van der Waals surface area contributed by atoms with Crippen LogP contribution in [-0.2, 0) is 11.2 Å². The first-order chi connectivity index (χ1) is 11.2. The SMILES string of the molecule is O=C(Cc1cccnc1)N1CCCN(C(=O)c2cscn2)CC1. The van der Waals surface area contributed by atoms with Gasteiger partial charge in [0.15, 0.2) is 0 Å². The van der Waals surface area contributed by atoms with E-state index >= 15 is 0 Å². The minimum Gasteiger partial charge on any atom is -0.341 e. The lowest BCUT2D eigenvalue weighted by Crippen LogP contribution is -2.38. The van der Waals surface area contributed by atoms with Gasteiger partial charge in [-0.3, -0.25) is 14.6 Å². The molecule has 1 saturated heterocycles. The van der Waals surface area contributed by atoms with Crippen molar-refractivity contribution in [2.45, 2.75) is 12.8 Å². The maximum absolute atomic E-state index is 12.4. The maximum Gasteiger partial charge on any atom is 0.273 e. The number of pyridine rings is 1. The molecule has 3 rings (SSSR count). The Balaban J connectivity index is 1.58. The van der Waals surface area contributed by atoms with E-state index in [1.807, 2.05) is 17.0 Å². The molecule has 120 valence electrons. The average molecular weight is 330 g/mol. The Morgan fingerprint density at radius 1 is 1.17 bits per heavy atom. The topological polar surface area (TPSA) is 66.4 Å². The van der Waals surface area contributed by atoms with Crippen molar-refractivity contribution in [3.63, 3.8) is 0 Å². The fourth-order valence-corrected chi connectivity index (χ4v) is 3.17. The fraction of sp³-hybridized carbons (Fsp3) is 0.375. The van der Waals surface area contributed by atoms with E-state index in [0.717, 1.165) is 12.0 Å². The van der Waals surface area contributed by atoms with E-state index in [2.05, 4.69) is 9.97 Å². The molecular weight excluding hydrogens is 312 g/mol. The lowest BCUT2D eigenvalue weighted by atomic mass is 10.2. The standard InChI is InChI=1S/C16H18N4O2S/c21-15(9-13-3-1-4-17-10-13)19-5-2-6-20(8-7-19)16(22)14-11-23-12-18-14/h1,3-4,10-12H,2,5-9H2. The molecule has 0 saturated carbocycles. The molecule has 3 heterocycles. The zero-order chi connectivity index (χ0) is 16.1. The second kappa shape index (κ2) is 7.32. The number of aromatic nitrogens is 2. The zero-order valence-corrected chi connectivity index (χ0v) is 13.5. The van der Waals surface area contributed by atoms with Crippen molar-refractivity contribution in [2.75, 3.05) is 26.2 Å². The summed E-state index contributed by atoms with van der Waals surface area (Å²) in [4.78, 5) is 36.5. The van der Waals surface area contributed by atoms with Crippen molar-refractivity contribution in [2.24, 2.45) is 0 Å². The van der Waals surface area contributed by atoms with E-state index in [1.54, 1.807) is 28.2 Å². The van der Waals surface area contributed by atoms with Gasteiger partial charge in [-0.25, -0.2) is 4.98 Å². The normalized spacial score (nSPS) is 15.3. The first-order valence-corrected chi connectivity index (χ1v) is 8.52. The third kappa shape index (κ3) is 3.92. The highest BCUT2D eigenvalue weighted by atomic mass is 32.1. The van der Waals surface area contributed by atoms with E-state index in [9.17, 15) is 9.59 Å². The summed E-state index contributed by atoms with van der Waals surface area (Å²) in [6.45, 7) is 2.46. The van der Waals surface area contributed by atoms with Crippen LogP contribution < -0.4 is 0 Å². The summed E-state index contributed by atoms with van der Waals surface area (Å²) in [5.74, 6) is 0.0359. The molecule has 0 radical (unpaired) electrons. The molecule has 6 nitrogen and oxygen atoms in total. The van der Waals surface area contributed by atoms with Crippen molar-refractivity contribution >= 4 is 23.2 Å². The van der Waals surface area contributed by atoms with Crippen LogP contribution in [-0.4, -0.2) is 57.8 Å². The van der Waals surface area contributed by atoms with Gasteiger partial charge in [0.05, 0.1) is 11.9 Å². The van der Waals surface area contributed by atoms with Gasteiger partial charge in [-0.1, -0.05) is 6.07 Å². The number of hydrogen-bond donors (Lipinski definition) is 0. The summed E-state index contributed by atoms with van der Waals surface area (Å²) in [7, 11) is 0. The molecule has 0 unspecified atom stereocenters. The first-order valence-electron chi connectivity index (χ1n) is 7.58. The van der Waals surface area contributed by atoms with E-state index in [-0.39, 0.29) is 11.8 Å². The number of hydrogen-bond acceptors (Lipinski definition) is 5. The molecule has 2 aromatic heterocycles. The molecule has 23 heavy (non-hydrogen) atoms. The van der Waals surface area contributed by atoms with Crippen molar-refractivity contribution in [1.29, 1.82) is 0 Å². The van der Waals surface area contributed by atoms with E-state index in [0.29, 0.717) is 38.3 Å². The lowest BCUT2D eigenvalue weighted by Gasteiger charge is -2.21. The van der Waals surface area contributed by atoms with Crippen molar-refractivity contribution < 1.29 is 9.59 Å². The summed E-state index contributed by atoms with van der Waals surface area (Å²) in [6.07, 6.45) is 4.55. The number of rotatable bonds is 3. The Kier molecular flexibility index (Phi) is 4.97. The second-order valence-electron chi connectivity index (χ2n) is 5.44. The molecule has 0 aliphatic carbocycles. The van der Waals surface area contributed by atoms with Crippen molar-refractivity contribution in [3.8, 4) is 0 Å². The van der Waals surface area contributed by atoms with Crippen LogP contribution in [0.3, 0.4) is 0 Å². The molecule has 2 aromatic rings. The summed E-state index contributed by atoms with van der Waals surface area (Å²) < 4.78 is 0. The van der Waals surface area contributed by atoms with Crippen LogP contribution in [0.5, 0.6) is 0 Å². The highest BCUT2D eigenvalue weighted by Gasteiger charge is 2.23. The molecule has 0 aromatic carbocycles. The Labute approximate surface area is 138 Å². The van der Waals surface area contributed by atoms with E-state index < -0.39 is 0 Å². The summed E-state index contributed by atoms with van der Waals surface area (Å²) in [5.41, 5.74) is 3.07. The largest absolute Gasteiger partial charge is 0.341 e. The van der Waals surface area contributed by atoms with Gasteiger partial charge in [-0.05, 0) is 18.1 Å². The Hall–Kier alpha value is -2.28. The number of thiazole rings is 1. The predicted molar refractivity (Wildman–Crippen MR) is 87.2 cm³/mol. The molecule has 0 spiro atoms. The molecular formula is C16H18N4O2S. The monoisotopic (exact) mass is 330 g/mol. The highest BCUT2D eigenvalue weighted by molar-refractivity contribution is 7.07. The molecule has 0 N–H and O–H groups in total. The van der Waals surface area contributed by atoms with E-state index in [4.69, 9.17) is 0 Å². The van der Waals surface area contributed by atoms with Crippen LogP contribution in [0.2, 0.25) is 0 Å². The Morgan fingerprint density at radius 2 is 2.00 bits per heavy atom. The van der Waals surface area contributed by atoms with Gasteiger partial charge in [0, 0.05) is 44.0 Å². The smallest absolute Gasteiger partial charge is 0.273 e. The Bertz CT molecular complexity index is 660. The molecule has 2 amide bonds. The Morgan fingerprint density at radius 3 is 2.74 bits per heavy atom. The molecule has 0 atom stereocenters. The fourth-order valence-electron chi connectivity index (χ4n) is 2.64. The highest BCUT2D eigenvalue weighted by Crippen LogP contribution is 2.11. The zero-order valence-electron chi connectivity index (χ0n) is 12.7. The summed E-state index contributed by atoms with van der Waals surface area (Å²) in [5, 5.41) is 1.76. The summed E-state index contributed by atoms with van der Waals surface area (Å²) in [6, 6.07) is 3.74. The van der Waals surface area contributed by atoms with E-state index in [1.165, 1.54) is 11.3 Å². The van der Waals surface area contributed by atoms with Gasteiger partial charge < -0.3 is 9.80 Å². The number of carbonyl (C=O) groups is 2. The minimum absolute atomic E-state index is 0.0483. The first kappa shape index (κ1) is 15.6. The third-order valence-corrected chi connectivity index (χ3v) is 4.45. The third-order valence-electron chi connectivity index (χ3n) is 3.87. The molecule has 1 fully saturated rings.